The first kappa shape index (κ1) is 29.9. The lowest BCUT2D eigenvalue weighted by atomic mass is 9.82. The van der Waals surface area contributed by atoms with Gasteiger partial charge in [0.05, 0.1) is 36.7 Å². The van der Waals surface area contributed by atoms with Gasteiger partial charge in [-0.2, -0.15) is 28.5 Å². The molecule has 2 fully saturated rings. The SMILES string of the molecule is COCCNCc1cc(O[C@H]2CC[C@@H](N3CC(CC#N)(n4cc(-c5ncnc6[nH]ccc56)cn4)C3)CC2)nc(C(F)(F)F)n1. The number of halogens is 3. The standard InChI is InChI=1S/C29H33F3N10O2/c1-43-11-10-34-14-20-12-24(40-27(39-20)29(30,31)32)44-22-4-2-21(3-5-22)41-16-28(17-41,7-8-33)42-15-19(13-38-42)25-23-6-9-35-26(23)37-18-36-25/h6,9,12-13,15,18,21-22,34H,2-5,7,10-11,14,16-17H2,1H3,(H,35,36,37)/t21-,22+. The second-order valence-electron chi connectivity index (χ2n) is 11.3. The van der Waals surface area contributed by atoms with Gasteiger partial charge >= 0.3 is 6.18 Å². The molecule has 1 aliphatic heterocycles. The topological polar surface area (TPSA) is 143 Å². The molecule has 12 nitrogen and oxygen atoms in total. The van der Waals surface area contributed by atoms with Crippen molar-refractivity contribution in [3.63, 3.8) is 0 Å². The number of aromatic nitrogens is 7. The van der Waals surface area contributed by atoms with Crippen LogP contribution in [-0.4, -0.2) is 85.1 Å². The highest BCUT2D eigenvalue weighted by atomic mass is 19.4. The van der Waals surface area contributed by atoms with Gasteiger partial charge in [-0.3, -0.25) is 9.58 Å². The molecule has 15 heteroatoms. The lowest BCUT2D eigenvalue weighted by Gasteiger charge is -2.53. The molecule has 0 aromatic carbocycles. The number of nitrogens with one attached hydrogen (secondary N) is 2. The van der Waals surface area contributed by atoms with E-state index < -0.39 is 17.5 Å². The normalized spacial score (nSPS) is 20.3. The smallest absolute Gasteiger partial charge is 0.451 e. The molecule has 44 heavy (non-hydrogen) atoms. The molecule has 232 valence electrons. The van der Waals surface area contributed by atoms with Crippen molar-refractivity contribution in [3.05, 3.63) is 48.6 Å². The fraction of sp³-hybridized carbons (Fsp3) is 0.517. The van der Waals surface area contributed by atoms with E-state index >= 15 is 0 Å². The number of nitrogens with zero attached hydrogens (tertiary/aromatic N) is 8. The molecule has 6 rings (SSSR count). The maximum absolute atomic E-state index is 13.5. The minimum Gasteiger partial charge on any atom is -0.474 e. The van der Waals surface area contributed by atoms with Crippen molar-refractivity contribution in [3.8, 4) is 23.2 Å². The van der Waals surface area contributed by atoms with Gasteiger partial charge in [-0.15, -0.1) is 0 Å². The summed E-state index contributed by atoms with van der Waals surface area (Å²) in [6.45, 7) is 2.42. The van der Waals surface area contributed by atoms with E-state index in [0.717, 1.165) is 35.1 Å². The Morgan fingerprint density at radius 3 is 2.75 bits per heavy atom. The zero-order valence-electron chi connectivity index (χ0n) is 24.2. The molecule has 5 heterocycles. The monoisotopic (exact) mass is 610 g/mol. The van der Waals surface area contributed by atoms with E-state index in [1.807, 2.05) is 23.1 Å². The molecule has 4 aromatic rings. The molecule has 0 atom stereocenters. The summed E-state index contributed by atoms with van der Waals surface area (Å²) in [7, 11) is 1.55. The summed E-state index contributed by atoms with van der Waals surface area (Å²) in [5.41, 5.74) is 2.16. The second kappa shape index (κ2) is 12.5. The van der Waals surface area contributed by atoms with Crippen LogP contribution in [0.3, 0.4) is 0 Å². The van der Waals surface area contributed by atoms with Crippen LogP contribution in [0, 0.1) is 11.3 Å². The molecule has 1 aliphatic carbocycles. The summed E-state index contributed by atoms with van der Waals surface area (Å²) in [5, 5.41) is 18.2. The number of ether oxygens (including phenoxy) is 2. The molecule has 0 bridgehead atoms. The van der Waals surface area contributed by atoms with Gasteiger partial charge in [0.25, 0.3) is 0 Å². The lowest BCUT2D eigenvalue weighted by molar-refractivity contribution is -0.145. The van der Waals surface area contributed by atoms with Crippen molar-refractivity contribution in [2.75, 3.05) is 33.4 Å². The molecule has 1 saturated carbocycles. The predicted octanol–water partition coefficient (Wildman–Crippen LogP) is 3.68. The van der Waals surface area contributed by atoms with E-state index in [-0.39, 0.29) is 30.3 Å². The highest BCUT2D eigenvalue weighted by Crippen LogP contribution is 2.39. The van der Waals surface area contributed by atoms with Crippen LogP contribution >= 0.6 is 0 Å². The van der Waals surface area contributed by atoms with Gasteiger partial charge in [0.1, 0.15) is 23.6 Å². The molecule has 2 aliphatic rings. The summed E-state index contributed by atoms with van der Waals surface area (Å²) in [5.74, 6) is -1.27. The number of H-pyrrole nitrogens is 1. The first-order chi connectivity index (χ1) is 21.3. The Bertz CT molecular complexity index is 1620. The summed E-state index contributed by atoms with van der Waals surface area (Å²) >= 11 is 0. The summed E-state index contributed by atoms with van der Waals surface area (Å²) in [4.78, 5) is 21.5. The van der Waals surface area contributed by atoms with Crippen molar-refractivity contribution in [1.29, 1.82) is 5.26 Å². The first-order valence-electron chi connectivity index (χ1n) is 14.5. The van der Waals surface area contributed by atoms with E-state index in [9.17, 15) is 18.4 Å². The minimum atomic E-state index is -4.68. The number of methoxy groups -OCH3 is 1. The second-order valence-corrected chi connectivity index (χ2v) is 11.3. The Hall–Kier alpha value is -4.13. The Kier molecular flexibility index (Phi) is 8.48. The molecule has 2 N–H and O–H groups in total. The Morgan fingerprint density at radius 1 is 1.18 bits per heavy atom. The van der Waals surface area contributed by atoms with Gasteiger partial charge in [-0.1, -0.05) is 0 Å². The number of alkyl halides is 3. The van der Waals surface area contributed by atoms with E-state index in [1.54, 1.807) is 13.3 Å². The lowest BCUT2D eigenvalue weighted by Crippen LogP contribution is -2.65. The Labute approximate surface area is 251 Å². The zero-order chi connectivity index (χ0) is 30.7. The number of aromatic amines is 1. The molecule has 0 amide bonds. The first-order valence-corrected chi connectivity index (χ1v) is 14.5. The molecule has 0 radical (unpaired) electrons. The van der Waals surface area contributed by atoms with Crippen LogP contribution in [0.2, 0.25) is 0 Å². The summed E-state index contributed by atoms with van der Waals surface area (Å²) in [6.07, 6.45) is 5.49. The van der Waals surface area contributed by atoms with Crippen LogP contribution in [0.15, 0.2) is 37.1 Å². The summed E-state index contributed by atoms with van der Waals surface area (Å²) in [6, 6.07) is 6.02. The number of nitriles is 1. The van der Waals surface area contributed by atoms with Gasteiger partial charge in [0, 0.05) is 68.7 Å². The quantitative estimate of drug-likeness (QED) is 0.242. The van der Waals surface area contributed by atoms with E-state index in [4.69, 9.17) is 9.47 Å². The van der Waals surface area contributed by atoms with E-state index in [2.05, 4.69) is 46.3 Å². The highest BCUT2D eigenvalue weighted by Gasteiger charge is 2.48. The third-order valence-electron chi connectivity index (χ3n) is 8.34. The largest absolute Gasteiger partial charge is 0.474 e. The maximum Gasteiger partial charge on any atom is 0.451 e. The van der Waals surface area contributed by atoms with Crippen LogP contribution in [-0.2, 0) is 23.0 Å². The van der Waals surface area contributed by atoms with Gasteiger partial charge in [-0.05, 0) is 31.7 Å². The van der Waals surface area contributed by atoms with Crippen molar-refractivity contribution < 1.29 is 22.6 Å². The van der Waals surface area contributed by atoms with E-state index in [0.29, 0.717) is 45.5 Å². The molecular weight excluding hydrogens is 577 g/mol. The fourth-order valence-electron chi connectivity index (χ4n) is 6.10. The van der Waals surface area contributed by atoms with Crippen LogP contribution in [0.25, 0.3) is 22.3 Å². The number of rotatable bonds is 11. The van der Waals surface area contributed by atoms with Crippen molar-refractivity contribution in [1.82, 2.24) is 44.9 Å². The highest BCUT2D eigenvalue weighted by molar-refractivity contribution is 5.90. The van der Waals surface area contributed by atoms with Gasteiger partial charge in [0.2, 0.25) is 11.7 Å². The summed E-state index contributed by atoms with van der Waals surface area (Å²) < 4.78 is 53.2. The zero-order valence-corrected chi connectivity index (χ0v) is 24.2. The molecule has 0 spiro atoms. The molecular formula is C29H33F3N10O2. The van der Waals surface area contributed by atoms with Crippen LogP contribution < -0.4 is 10.1 Å². The fourth-order valence-corrected chi connectivity index (χ4v) is 6.10. The van der Waals surface area contributed by atoms with Crippen molar-refractivity contribution >= 4 is 11.0 Å². The average Bonchev–Trinajstić information content (AvgIpc) is 3.68. The Morgan fingerprint density at radius 2 is 2.00 bits per heavy atom. The maximum atomic E-state index is 13.5. The van der Waals surface area contributed by atoms with Crippen LogP contribution in [0.5, 0.6) is 5.88 Å². The van der Waals surface area contributed by atoms with Gasteiger partial charge < -0.3 is 19.8 Å². The number of fused-ring (bicyclic) bond motifs is 1. The molecule has 4 aromatic heterocycles. The van der Waals surface area contributed by atoms with Crippen LogP contribution in [0.4, 0.5) is 13.2 Å². The third kappa shape index (κ3) is 6.23. The molecule has 0 unspecified atom stereocenters. The van der Waals surface area contributed by atoms with Gasteiger partial charge in [-0.25, -0.2) is 15.0 Å². The van der Waals surface area contributed by atoms with Gasteiger partial charge in [0.15, 0.2) is 0 Å². The van der Waals surface area contributed by atoms with Crippen LogP contribution in [0.1, 0.15) is 43.6 Å². The minimum absolute atomic E-state index is 0.0635. The predicted molar refractivity (Wildman–Crippen MR) is 152 cm³/mol. The number of hydrogen-bond acceptors (Lipinski definition) is 10. The number of hydrogen-bond donors (Lipinski definition) is 2. The Balaban J connectivity index is 1.07. The van der Waals surface area contributed by atoms with E-state index in [1.165, 1.54) is 12.4 Å². The number of likely N-dealkylation sites (tertiary alicyclic amines) is 1. The average molecular weight is 611 g/mol. The van der Waals surface area contributed by atoms with Crippen molar-refractivity contribution in [2.45, 2.75) is 62.5 Å². The van der Waals surface area contributed by atoms with Crippen molar-refractivity contribution in [2.24, 2.45) is 0 Å². The third-order valence-corrected chi connectivity index (χ3v) is 8.34. The molecule has 1 saturated heterocycles.